The molecular weight excluding hydrogens is 352 g/mol. The second kappa shape index (κ2) is 7.21. The maximum atomic E-state index is 12.2. The van der Waals surface area contributed by atoms with Gasteiger partial charge in [0.2, 0.25) is 0 Å². The summed E-state index contributed by atoms with van der Waals surface area (Å²) >= 11 is 1.31. The van der Waals surface area contributed by atoms with Crippen molar-refractivity contribution in [3.05, 3.63) is 52.1 Å². The molecule has 0 aliphatic carbocycles. The first-order chi connectivity index (χ1) is 12.4. The molecule has 0 radical (unpaired) electrons. The topological polar surface area (TPSA) is 72.1 Å². The third kappa shape index (κ3) is 3.30. The van der Waals surface area contributed by atoms with E-state index in [9.17, 15) is 9.59 Å². The summed E-state index contributed by atoms with van der Waals surface area (Å²) in [5, 5.41) is 0.655. The largest absolute Gasteiger partial charge is 0.465 e. The molecule has 3 rings (SSSR count). The fraction of sp³-hybridized carbons (Fsp3) is 0.211. The van der Waals surface area contributed by atoms with Crippen LogP contribution in [0.5, 0.6) is 0 Å². The average Bonchev–Trinajstić information content (AvgIpc) is 3.21. The van der Waals surface area contributed by atoms with Gasteiger partial charge in [-0.1, -0.05) is 6.07 Å². The van der Waals surface area contributed by atoms with Gasteiger partial charge in [0.15, 0.2) is 5.17 Å². The lowest BCUT2D eigenvalue weighted by Crippen LogP contribution is -2.23. The van der Waals surface area contributed by atoms with Gasteiger partial charge in [0.25, 0.3) is 5.91 Å². The van der Waals surface area contributed by atoms with Gasteiger partial charge >= 0.3 is 5.97 Å². The predicted molar refractivity (Wildman–Crippen MR) is 102 cm³/mol. The number of carbonyl (C=O) groups is 2. The first-order valence-corrected chi connectivity index (χ1v) is 8.69. The lowest BCUT2D eigenvalue weighted by molar-refractivity contribution is -0.121. The monoisotopic (exact) mass is 370 g/mol. The van der Waals surface area contributed by atoms with E-state index in [1.54, 1.807) is 32.3 Å². The van der Waals surface area contributed by atoms with Crippen LogP contribution < -0.4 is 0 Å². The van der Waals surface area contributed by atoms with Crippen LogP contribution in [-0.4, -0.2) is 43.1 Å². The summed E-state index contributed by atoms with van der Waals surface area (Å²) < 4.78 is 10.6. The fourth-order valence-electron chi connectivity index (χ4n) is 2.64. The molecule has 0 saturated carbocycles. The molecule has 26 heavy (non-hydrogen) atoms. The highest BCUT2D eigenvalue weighted by Gasteiger charge is 2.30. The number of carbonyl (C=O) groups excluding carboxylic acids is 2. The molecular formula is C19H18N2O4S. The Morgan fingerprint density at radius 1 is 1.31 bits per heavy atom. The third-order valence-electron chi connectivity index (χ3n) is 4.01. The van der Waals surface area contributed by atoms with Crippen LogP contribution in [0.25, 0.3) is 17.4 Å². The molecule has 1 aromatic carbocycles. The maximum absolute atomic E-state index is 12.2. The van der Waals surface area contributed by atoms with Crippen LogP contribution in [0.1, 0.15) is 21.7 Å². The first kappa shape index (κ1) is 18.0. The van der Waals surface area contributed by atoms with Crippen LogP contribution >= 0.6 is 11.8 Å². The Morgan fingerprint density at radius 2 is 2.08 bits per heavy atom. The first-order valence-electron chi connectivity index (χ1n) is 7.88. The second-order valence-electron chi connectivity index (χ2n) is 5.70. The number of amidine groups is 1. The van der Waals surface area contributed by atoms with Crippen molar-refractivity contribution in [2.45, 2.75) is 6.92 Å². The number of furan rings is 1. The molecule has 1 amide bonds. The fourth-order valence-corrected chi connectivity index (χ4v) is 3.55. The van der Waals surface area contributed by atoms with E-state index in [-0.39, 0.29) is 11.9 Å². The molecule has 1 aliphatic heterocycles. The van der Waals surface area contributed by atoms with Gasteiger partial charge in [-0.25, -0.2) is 4.79 Å². The number of ether oxygens (including phenoxy) is 1. The zero-order chi connectivity index (χ0) is 18.8. The number of hydrogen-bond donors (Lipinski definition) is 0. The molecule has 0 bridgehead atoms. The molecule has 0 N–H and O–H groups in total. The maximum Gasteiger partial charge on any atom is 0.337 e. The van der Waals surface area contributed by atoms with Crippen molar-refractivity contribution < 1.29 is 18.7 Å². The van der Waals surface area contributed by atoms with Crippen molar-refractivity contribution >= 4 is 34.9 Å². The summed E-state index contributed by atoms with van der Waals surface area (Å²) in [6, 6.07) is 8.93. The minimum absolute atomic E-state index is 0.104. The predicted octanol–water partition coefficient (Wildman–Crippen LogP) is 3.57. The van der Waals surface area contributed by atoms with Crippen molar-refractivity contribution in [1.29, 1.82) is 0 Å². The number of benzene rings is 1. The molecule has 0 spiro atoms. The molecule has 1 saturated heterocycles. The summed E-state index contributed by atoms with van der Waals surface area (Å²) in [6.07, 6.45) is 1.71. The van der Waals surface area contributed by atoms with Gasteiger partial charge in [-0.05, 0) is 48.5 Å². The van der Waals surface area contributed by atoms with Gasteiger partial charge in [0.05, 0.1) is 17.6 Å². The van der Waals surface area contributed by atoms with Crippen LogP contribution in [0.4, 0.5) is 0 Å². The van der Waals surface area contributed by atoms with Crippen LogP contribution in [-0.2, 0) is 9.53 Å². The van der Waals surface area contributed by atoms with Crippen LogP contribution in [0, 0.1) is 6.92 Å². The summed E-state index contributed by atoms with van der Waals surface area (Å²) in [5.74, 6) is 0.767. The zero-order valence-corrected chi connectivity index (χ0v) is 15.7. The van der Waals surface area contributed by atoms with Crippen molar-refractivity contribution in [3.63, 3.8) is 0 Å². The van der Waals surface area contributed by atoms with Crippen molar-refractivity contribution in [3.8, 4) is 11.3 Å². The standard InChI is InChI=1S/C19H18N2O4S/c1-11-9-12(18(23)24-4)5-7-14(11)15-8-6-13(25-15)10-16-17(22)21(3)19(20-2)26-16/h5-10H,1-4H3/b16-10+,20-19?. The minimum Gasteiger partial charge on any atom is -0.465 e. The summed E-state index contributed by atoms with van der Waals surface area (Å²) in [6.45, 7) is 1.90. The molecule has 1 aromatic heterocycles. The molecule has 0 unspecified atom stereocenters. The summed E-state index contributed by atoms with van der Waals surface area (Å²) in [7, 11) is 4.70. The number of likely N-dealkylation sites (N-methyl/N-ethyl adjacent to an activating group) is 1. The number of aliphatic imine (C=N–C) groups is 1. The Hall–Kier alpha value is -2.80. The van der Waals surface area contributed by atoms with E-state index in [1.807, 2.05) is 25.1 Å². The van der Waals surface area contributed by atoms with E-state index in [1.165, 1.54) is 23.8 Å². The molecule has 2 heterocycles. The number of rotatable bonds is 3. The highest BCUT2D eigenvalue weighted by Crippen LogP contribution is 2.33. The van der Waals surface area contributed by atoms with E-state index >= 15 is 0 Å². The Morgan fingerprint density at radius 3 is 2.69 bits per heavy atom. The number of nitrogens with zero attached hydrogens (tertiary/aromatic N) is 2. The quantitative estimate of drug-likeness (QED) is 0.610. The third-order valence-corrected chi connectivity index (χ3v) is 5.16. The van der Waals surface area contributed by atoms with Gasteiger partial charge < -0.3 is 9.15 Å². The van der Waals surface area contributed by atoms with Crippen molar-refractivity contribution in [2.75, 3.05) is 21.2 Å². The Balaban J connectivity index is 1.88. The summed E-state index contributed by atoms with van der Waals surface area (Å²) in [4.78, 5) is 30.0. The van der Waals surface area contributed by atoms with E-state index in [4.69, 9.17) is 9.15 Å². The SMILES string of the molecule is CN=C1S/C(=C/c2ccc(-c3ccc(C(=O)OC)cc3C)o2)C(=O)N1C. The second-order valence-corrected chi connectivity index (χ2v) is 6.71. The van der Waals surface area contributed by atoms with Crippen LogP contribution in [0.15, 0.2) is 44.6 Å². The van der Waals surface area contributed by atoms with E-state index < -0.39 is 0 Å². The normalized spacial score (nSPS) is 17.4. The number of methoxy groups -OCH3 is 1. The average molecular weight is 370 g/mol. The van der Waals surface area contributed by atoms with Gasteiger partial charge in [-0.3, -0.25) is 14.7 Å². The number of hydrogen-bond acceptors (Lipinski definition) is 6. The van der Waals surface area contributed by atoms with Gasteiger partial charge in [-0.2, -0.15) is 0 Å². The van der Waals surface area contributed by atoms with Gasteiger partial charge in [0, 0.05) is 25.7 Å². The highest BCUT2D eigenvalue weighted by molar-refractivity contribution is 8.18. The Bertz CT molecular complexity index is 943. The molecule has 1 fully saturated rings. The van der Waals surface area contributed by atoms with E-state index in [0.29, 0.717) is 27.2 Å². The molecule has 7 heteroatoms. The number of esters is 1. The van der Waals surface area contributed by atoms with E-state index in [2.05, 4.69) is 4.99 Å². The molecule has 6 nitrogen and oxygen atoms in total. The van der Waals surface area contributed by atoms with Gasteiger partial charge in [0.1, 0.15) is 11.5 Å². The number of aryl methyl sites for hydroxylation is 1. The van der Waals surface area contributed by atoms with Gasteiger partial charge in [-0.15, -0.1) is 0 Å². The lowest BCUT2D eigenvalue weighted by atomic mass is 10.0. The Kier molecular flexibility index (Phi) is 4.99. The smallest absolute Gasteiger partial charge is 0.337 e. The zero-order valence-electron chi connectivity index (χ0n) is 14.9. The molecule has 134 valence electrons. The number of amides is 1. The molecule has 2 aromatic rings. The van der Waals surface area contributed by atoms with Crippen LogP contribution in [0.3, 0.4) is 0 Å². The lowest BCUT2D eigenvalue weighted by Gasteiger charge is -2.05. The minimum atomic E-state index is -0.376. The van der Waals surface area contributed by atoms with E-state index in [0.717, 1.165) is 11.1 Å². The molecule has 1 aliphatic rings. The Labute approximate surface area is 155 Å². The van der Waals surface area contributed by atoms with Crippen LogP contribution in [0.2, 0.25) is 0 Å². The summed E-state index contributed by atoms with van der Waals surface area (Å²) in [5.41, 5.74) is 2.26. The van der Waals surface area contributed by atoms with Crippen molar-refractivity contribution in [2.24, 2.45) is 4.99 Å². The van der Waals surface area contributed by atoms with Crippen molar-refractivity contribution in [1.82, 2.24) is 4.90 Å². The highest BCUT2D eigenvalue weighted by atomic mass is 32.2. The number of thioether (sulfide) groups is 1. The molecule has 0 atom stereocenters.